The fraction of sp³-hybridized carbons (Fsp3) is 0.778. The molecule has 5 aliphatic rings. The smallest absolute Gasteiger partial charge is 0.276 e. The van der Waals surface area contributed by atoms with Crippen LogP contribution >= 0.6 is 0 Å². The molecule has 8 nitrogen and oxygen atoms in total. The second-order valence-corrected chi connectivity index (χ2v) is 8.85. The molecular formula is C18H27N7O. The molecule has 5 fully saturated rings. The van der Waals surface area contributed by atoms with Gasteiger partial charge in [-0.05, 0) is 56.3 Å². The average Bonchev–Trinajstić information content (AvgIpc) is 3.11. The van der Waals surface area contributed by atoms with Crippen LogP contribution in [0, 0.1) is 23.2 Å². The van der Waals surface area contributed by atoms with Gasteiger partial charge in [0.05, 0.1) is 11.7 Å². The van der Waals surface area contributed by atoms with Gasteiger partial charge in [0, 0.05) is 26.2 Å². The SMILES string of the molecule is N=C(N)N1CCN(C(=O)c2cn(C34CC5CC(CC(C5)C3)C4)nn2)CC1. The zero-order valence-corrected chi connectivity index (χ0v) is 15.1. The summed E-state index contributed by atoms with van der Waals surface area (Å²) in [6.07, 6.45) is 9.67. The van der Waals surface area contributed by atoms with Gasteiger partial charge in [0.25, 0.3) is 5.91 Å². The Bertz CT molecular complexity index is 698. The summed E-state index contributed by atoms with van der Waals surface area (Å²) in [5.41, 5.74) is 6.09. The molecule has 0 unspecified atom stereocenters. The van der Waals surface area contributed by atoms with Crippen molar-refractivity contribution in [3.05, 3.63) is 11.9 Å². The van der Waals surface area contributed by atoms with Gasteiger partial charge in [-0.3, -0.25) is 10.2 Å². The van der Waals surface area contributed by atoms with Gasteiger partial charge < -0.3 is 15.5 Å². The van der Waals surface area contributed by atoms with E-state index in [0.717, 1.165) is 17.8 Å². The third-order valence-corrected chi connectivity index (χ3v) is 7.11. The molecule has 6 rings (SSSR count). The molecule has 140 valence electrons. The maximum absolute atomic E-state index is 12.8. The van der Waals surface area contributed by atoms with Crippen LogP contribution in [0.5, 0.6) is 0 Å². The van der Waals surface area contributed by atoms with E-state index in [4.69, 9.17) is 11.1 Å². The predicted molar refractivity (Wildman–Crippen MR) is 95.6 cm³/mol. The van der Waals surface area contributed by atoms with Crippen molar-refractivity contribution in [2.75, 3.05) is 26.2 Å². The van der Waals surface area contributed by atoms with Gasteiger partial charge in [0.1, 0.15) is 0 Å². The number of nitrogens with one attached hydrogen (secondary N) is 1. The first-order valence-corrected chi connectivity index (χ1v) is 9.83. The minimum Gasteiger partial charge on any atom is -0.370 e. The molecule has 4 saturated carbocycles. The van der Waals surface area contributed by atoms with Crippen molar-refractivity contribution in [3.8, 4) is 0 Å². The van der Waals surface area contributed by atoms with Crippen LogP contribution in [0.2, 0.25) is 0 Å². The van der Waals surface area contributed by atoms with Gasteiger partial charge in [-0.1, -0.05) is 5.21 Å². The molecular weight excluding hydrogens is 330 g/mol. The van der Waals surface area contributed by atoms with Gasteiger partial charge in [0.2, 0.25) is 0 Å². The van der Waals surface area contributed by atoms with Crippen molar-refractivity contribution >= 4 is 11.9 Å². The Kier molecular flexibility index (Phi) is 3.52. The Hall–Kier alpha value is -2.12. The number of guanidine groups is 1. The first-order chi connectivity index (χ1) is 12.5. The number of piperazine rings is 1. The summed E-state index contributed by atoms with van der Waals surface area (Å²) in [5.74, 6) is 2.53. The van der Waals surface area contributed by atoms with Gasteiger partial charge >= 0.3 is 0 Å². The lowest BCUT2D eigenvalue weighted by molar-refractivity contribution is -0.0502. The van der Waals surface area contributed by atoms with Crippen LogP contribution in [-0.4, -0.2) is 62.8 Å². The highest BCUT2D eigenvalue weighted by Crippen LogP contribution is 2.58. The standard InChI is InChI=1S/C18H27N7O/c19-17(20)24-3-1-23(2-4-24)16(26)15-11-25(22-21-15)18-8-12-5-13(9-18)7-14(6-12)10-18/h11-14H,1-10H2,(H3,19,20). The molecule has 0 spiro atoms. The topological polar surface area (TPSA) is 104 Å². The van der Waals surface area contributed by atoms with Crippen molar-refractivity contribution in [2.45, 2.75) is 44.1 Å². The summed E-state index contributed by atoms with van der Waals surface area (Å²) in [7, 11) is 0. The number of carbonyl (C=O) groups excluding carboxylic acids is 1. The molecule has 1 aliphatic heterocycles. The predicted octanol–water partition coefficient (Wildman–Crippen LogP) is 0.855. The summed E-state index contributed by atoms with van der Waals surface area (Å²) in [6.45, 7) is 2.35. The summed E-state index contributed by atoms with van der Waals surface area (Å²) >= 11 is 0. The number of hydrogen-bond acceptors (Lipinski definition) is 4. The quantitative estimate of drug-likeness (QED) is 0.603. The molecule has 1 amide bonds. The van der Waals surface area contributed by atoms with Crippen molar-refractivity contribution in [1.82, 2.24) is 24.8 Å². The summed E-state index contributed by atoms with van der Waals surface area (Å²) in [5, 5.41) is 16.2. The van der Waals surface area contributed by atoms with Crippen LogP contribution in [0.25, 0.3) is 0 Å². The van der Waals surface area contributed by atoms with E-state index in [9.17, 15) is 4.79 Å². The minimum atomic E-state index is -0.0517. The molecule has 1 aromatic heterocycles. The molecule has 26 heavy (non-hydrogen) atoms. The highest BCUT2D eigenvalue weighted by Gasteiger charge is 2.52. The molecule has 2 heterocycles. The summed E-state index contributed by atoms with van der Waals surface area (Å²) in [4.78, 5) is 16.4. The Morgan fingerprint density at radius 3 is 2.12 bits per heavy atom. The number of carbonyl (C=O) groups is 1. The number of aromatic nitrogens is 3. The Balaban J connectivity index is 1.31. The second-order valence-electron chi connectivity index (χ2n) is 8.85. The monoisotopic (exact) mass is 357 g/mol. The van der Waals surface area contributed by atoms with Crippen molar-refractivity contribution < 1.29 is 4.79 Å². The minimum absolute atomic E-state index is 0.0517. The molecule has 1 saturated heterocycles. The van der Waals surface area contributed by atoms with E-state index in [0.29, 0.717) is 31.9 Å². The Morgan fingerprint density at radius 1 is 1.04 bits per heavy atom. The first-order valence-electron chi connectivity index (χ1n) is 9.83. The lowest BCUT2D eigenvalue weighted by atomic mass is 9.53. The number of nitrogens with two attached hydrogens (primary N) is 1. The van der Waals surface area contributed by atoms with E-state index < -0.39 is 0 Å². The second kappa shape index (κ2) is 5.69. The lowest BCUT2D eigenvalue weighted by Crippen LogP contribution is -2.52. The highest BCUT2D eigenvalue weighted by molar-refractivity contribution is 5.92. The third-order valence-electron chi connectivity index (χ3n) is 7.11. The van der Waals surface area contributed by atoms with Crippen LogP contribution < -0.4 is 5.73 Å². The van der Waals surface area contributed by atoms with Crippen LogP contribution in [0.1, 0.15) is 49.0 Å². The number of rotatable bonds is 2. The van der Waals surface area contributed by atoms with Crippen molar-refractivity contribution in [1.29, 1.82) is 5.41 Å². The maximum Gasteiger partial charge on any atom is 0.276 e. The van der Waals surface area contributed by atoms with Crippen LogP contribution in [0.4, 0.5) is 0 Å². The number of amides is 1. The molecule has 4 bridgehead atoms. The number of nitrogens with zero attached hydrogens (tertiary/aromatic N) is 5. The lowest BCUT2D eigenvalue weighted by Gasteiger charge is -2.56. The Morgan fingerprint density at radius 2 is 1.58 bits per heavy atom. The molecule has 0 radical (unpaired) electrons. The molecule has 0 aromatic carbocycles. The van der Waals surface area contributed by atoms with E-state index in [-0.39, 0.29) is 17.4 Å². The zero-order valence-electron chi connectivity index (χ0n) is 15.1. The summed E-state index contributed by atoms with van der Waals surface area (Å²) < 4.78 is 2.04. The van der Waals surface area contributed by atoms with E-state index in [2.05, 4.69) is 10.3 Å². The van der Waals surface area contributed by atoms with Gasteiger partial charge in [-0.25, -0.2) is 4.68 Å². The normalized spacial score (nSPS) is 35.8. The fourth-order valence-corrected chi connectivity index (χ4v) is 6.25. The molecule has 3 N–H and O–H groups in total. The van der Waals surface area contributed by atoms with E-state index >= 15 is 0 Å². The van der Waals surface area contributed by atoms with E-state index in [1.807, 2.05) is 10.9 Å². The van der Waals surface area contributed by atoms with Gasteiger partial charge in [0.15, 0.2) is 11.7 Å². The van der Waals surface area contributed by atoms with Gasteiger partial charge in [-0.2, -0.15) is 0 Å². The first kappa shape index (κ1) is 16.1. The van der Waals surface area contributed by atoms with Gasteiger partial charge in [-0.15, -0.1) is 5.10 Å². The van der Waals surface area contributed by atoms with E-state index in [1.165, 1.54) is 38.5 Å². The largest absolute Gasteiger partial charge is 0.370 e. The average molecular weight is 357 g/mol. The molecule has 4 aliphatic carbocycles. The third kappa shape index (κ3) is 2.49. The van der Waals surface area contributed by atoms with Crippen LogP contribution in [-0.2, 0) is 5.54 Å². The number of hydrogen-bond donors (Lipinski definition) is 2. The van der Waals surface area contributed by atoms with E-state index in [1.54, 1.807) is 9.80 Å². The van der Waals surface area contributed by atoms with Crippen LogP contribution in [0.3, 0.4) is 0 Å². The molecule has 1 aromatic rings. The highest BCUT2D eigenvalue weighted by atomic mass is 16.2. The molecule has 8 heteroatoms. The van der Waals surface area contributed by atoms with Crippen molar-refractivity contribution in [2.24, 2.45) is 23.5 Å². The fourth-order valence-electron chi connectivity index (χ4n) is 6.25. The zero-order chi connectivity index (χ0) is 17.9. The maximum atomic E-state index is 12.8. The molecule has 0 atom stereocenters. The summed E-state index contributed by atoms with van der Waals surface area (Å²) in [6, 6.07) is 0. The van der Waals surface area contributed by atoms with Crippen molar-refractivity contribution in [3.63, 3.8) is 0 Å². The van der Waals surface area contributed by atoms with Crippen LogP contribution in [0.15, 0.2) is 6.20 Å². The Labute approximate surface area is 153 Å².